The van der Waals surface area contributed by atoms with E-state index >= 15 is 0 Å². The highest BCUT2D eigenvalue weighted by Crippen LogP contribution is 2.21. The third-order valence-electron chi connectivity index (χ3n) is 2.97. The predicted molar refractivity (Wildman–Crippen MR) is 74.4 cm³/mol. The van der Waals surface area contributed by atoms with E-state index in [1.165, 1.54) is 18.2 Å². The number of carbonyl (C=O) groups excluding carboxylic acids is 1. The van der Waals surface area contributed by atoms with Crippen LogP contribution in [0.4, 0.5) is 14.9 Å². The Morgan fingerprint density at radius 2 is 2.10 bits per heavy atom. The predicted octanol–water partition coefficient (Wildman–Crippen LogP) is 3.10. The maximum Gasteiger partial charge on any atom is 0.326 e. The summed E-state index contributed by atoms with van der Waals surface area (Å²) in [7, 11) is 0. The summed E-state index contributed by atoms with van der Waals surface area (Å²) < 4.78 is 13.6. The summed E-state index contributed by atoms with van der Waals surface area (Å²) >= 11 is 5.59. The quantitative estimate of drug-likeness (QED) is 0.782. The number of halogens is 2. The van der Waals surface area contributed by atoms with Gasteiger partial charge in [-0.1, -0.05) is 37.9 Å². The van der Waals surface area contributed by atoms with E-state index in [0.29, 0.717) is 6.42 Å². The number of hydrogen-bond acceptors (Lipinski definition) is 2. The molecule has 2 atom stereocenters. The molecule has 0 aliphatic heterocycles. The molecule has 0 heterocycles. The van der Waals surface area contributed by atoms with Crippen molar-refractivity contribution in [2.24, 2.45) is 5.92 Å². The van der Waals surface area contributed by atoms with E-state index in [1.807, 2.05) is 6.92 Å². The number of carbonyl (C=O) groups is 2. The minimum Gasteiger partial charge on any atom is -0.480 e. The first-order chi connectivity index (χ1) is 9.36. The van der Waals surface area contributed by atoms with Crippen LogP contribution >= 0.6 is 11.6 Å². The molecular weight excluding hydrogens is 287 g/mol. The Morgan fingerprint density at radius 3 is 2.65 bits per heavy atom. The molecule has 1 aromatic rings. The average Bonchev–Trinajstić information content (AvgIpc) is 2.40. The van der Waals surface area contributed by atoms with E-state index in [4.69, 9.17) is 16.7 Å². The maximum absolute atomic E-state index is 13.6. The second-order valence-corrected chi connectivity index (χ2v) is 4.81. The molecule has 2 amide bonds. The average molecular weight is 303 g/mol. The summed E-state index contributed by atoms with van der Waals surface area (Å²) in [5, 5.41) is 13.5. The number of urea groups is 1. The zero-order valence-corrected chi connectivity index (χ0v) is 11.9. The molecule has 0 fully saturated rings. The fourth-order valence-corrected chi connectivity index (χ4v) is 1.76. The van der Waals surface area contributed by atoms with Gasteiger partial charge in [-0.05, 0) is 18.1 Å². The molecule has 0 aliphatic rings. The van der Waals surface area contributed by atoms with Gasteiger partial charge in [-0.15, -0.1) is 0 Å². The van der Waals surface area contributed by atoms with Crippen molar-refractivity contribution in [3.63, 3.8) is 0 Å². The maximum atomic E-state index is 13.6. The Bertz CT molecular complexity index is 510. The molecule has 20 heavy (non-hydrogen) atoms. The molecule has 0 bridgehead atoms. The molecule has 1 aromatic carbocycles. The number of amides is 2. The molecule has 0 spiro atoms. The van der Waals surface area contributed by atoms with Crippen molar-refractivity contribution in [1.29, 1.82) is 0 Å². The van der Waals surface area contributed by atoms with Gasteiger partial charge in [-0.25, -0.2) is 14.0 Å². The van der Waals surface area contributed by atoms with Gasteiger partial charge in [-0.2, -0.15) is 0 Å². The number of hydrogen-bond donors (Lipinski definition) is 3. The highest BCUT2D eigenvalue weighted by atomic mass is 35.5. The summed E-state index contributed by atoms with van der Waals surface area (Å²) in [5.74, 6) is -2.15. The van der Waals surface area contributed by atoms with E-state index in [2.05, 4.69) is 10.6 Å². The zero-order valence-electron chi connectivity index (χ0n) is 11.1. The molecule has 3 N–H and O–H groups in total. The van der Waals surface area contributed by atoms with Crippen molar-refractivity contribution >= 4 is 29.3 Å². The van der Waals surface area contributed by atoms with Gasteiger partial charge in [0.15, 0.2) is 5.82 Å². The van der Waals surface area contributed by atoms with Gasteiger partial charge in [0, 0.05) is 0 Å². The van der Waals surface area contributed by atoms with Gasteiger partial charge in [-0.3, -0.25) is 0 Å². The number of benzene rings is 1. The van der Waals surface area contributed by atoms with Crippen LogP contribution in [0.1, 0.15) is 20.3 Å². The van der Waals surface area contributed by atoms with E-state index in [9.17, 15) is 14.0 Å². The van der Waals surface area contributed by atoms with Crippen LogP contribution in [0.25, 0.3) is 0 Å². The van der Waals surface area contributed by atoms with Crippen LogP contribution in [0.15, 0.2) is 18.2 Å². The van der Waals surface area contributed by atoms with Crippen molar-refractivity contribution in [2.45, 2.75) is 26.3 Å². The molecule has 1 rings (SSSR count). The van der Waals surface area contributed by atoms with Crippen molar-refractivity contribution < 1.29 is 19.1 Å². The number of rotatable bonds is 5. The summed E-state index contributed by atoms with van der Waals surface area (Å²) in [6.07, 6.45) is 0.586. The number of aliphatic carboxylic acids is 1. The second kappa shape index (κ2) is 7.09. The van der Waals surface area contributed by atoms with Crippen LogP contribution in [0.2, 0.25) is 5.02 Å². The monoisotopic (exact) mass is 302 g/mol. The first-order valence-corrected chi connectivity index (χ1v) is 6.49. The van der Waals surface area contributed by atoms with Crippen molar-refractivity contribution in [3.05, 3.63) is 29.0 Å². The lowest BCUT2D eigenvalue weighted by atomic mass is 9.99. The van der Waals surface area contributed by atoms with Crippen LogP contribution in [0, 0.1) is 11.7 Å². The third kappa shape index (κ3) is 4.09. The second-order valence-electron chi connectivity index (χ2n) is 4.40. The SMILES string of the molecule is CC[C@H](C)[C@H](NC(=O)Nc1cccc(Cl)c1F)C(=O)O. The minimum absolute atomic E-state index is 0.108. The molecule has 0 aromatic heterocycles. The van der Waals surface area contributed by atoms with E-state index in [-0.39, 0.29) is 16.6 Å². The number of anilines is 1. The zero-order chi connectivity index (χ0) is 15.3. The number of carboxylic acids is 1. The van der Waals surface area contributed by atoms with Crippen LogP contribution in [-0.2, 0) is 4.79 Å². The summed E-state index contributed by atoms with van der Waals surface area (Å²) in [6.45, 7) is 3.52. The smallest absolute Gasteiger partial charge is 0.326 e. The highest BCUT2D eigenvalue weighted by molar-refractivity contribution is 6.31. The molecule has 0 unspecified atom stereocenters. The third-order valence-corrected chi connectivity index (χ3v) is 3.26. The van der Waals surface area contributed by atoms with Crippen molar-refractivity contribution in [1.82, 2.24) is 5.32 Å². The fraction of sp³-hybridized carbons (Fsp3) is 0.385. The summed E-state index contributed by atoms with van der Waals surface area (Å²) in [4.78, 5) is 22.8. The first-order valence-electron chi connectivity index (χ1n) is 6.11. The molecule has 0 saturated heterocycles. The molecule has 7 heteroatoms. The fourth-order valence-electron chi connectivity index (χ4n) is 1.58. The van der Waals surface area contributed by atoms with E-state index in [1.54, 1.807) is 6.92 Å². The van der Waals surface area contributed by atoms with Crippen LogP contribution in [0.3, 0.4) is 0 Å². The lowest BCUT2D eigenvalue weighted by molar-refractivity contribution is -0.140. The highest BCUT2D eigenvalue weighted by Gasteiger charge is 2.25. The van der Waals surface area contributed by atoms with Crippen LogP contribution in [0.5, 0.6) is 0 Å². The Balaban J connectivity index is 2.76. The topological polar surface area (TPSA) is 78.4 Å². The molecule has 0 aliphatic carbocycles. The normalized spacial score (nSPS) is 13.4. The van der Waals surface area contributed by atoms with Gasteiger partial charge in [0.05, 0.1) is 10.7 Å². The van der Waals surface area contributed by atoms with E-state index < -0.39 is 23.9 Å². The van der Waals surface area contributed by atoms with Gasteiger partial charge in [0.2, 0.25) is 0 Å². The van der Waals surface area contributed by atoms with Gasteiger partial charge in [0.25, 0.3) is 0 Å². The number of nitrogens with one attached hydrogen (secondary N) is 2. The van der Waals surface area contributed by atoms with Gasteiger partial charge < -0.3 is 15.7 Å². The van der Waals surface area contributed by atoms with Gasteiger partial charge in [0.1, 0.15) is 6.04 Å². The first kappa shape index (κ1) is 16.2. The van der Waals surface area contributed by atoms with Crippen LogP contribution in [-0.4, -0.2) is 23.1 Å². The van der Waals surface area contributed by atoms with Gasteiger partial charge >= 0.3 is 12.0 Å². The Kier molecular flexibility index (Phi) is 5.76. The molecule has 0 radical (unpaired) electrons. The lowest BCUT2D eigenvalue weighted by Crippen LogP contribution is -2.46. The molecular formula is C13H16ClFN2O3. The summed E-state index contributed by atoms with van der Waals surface area (Å²) in [6, 6.07) is 2.32. The Labute approximate surface area is 121 Å². The molecule has 110 valence electrons. The van der Waals surface area contributed by atoms with E-state index in [0.717, 1.165) is 0 Å². The summed E-state index contributed by atoms with van der Waals surface area (Å²) in [5.41, 5.74) is -0.108. The minimum atomic E-state index is -1.14. The van der Waals surface area contributed by atoms with Crippen LogP contribution < -0.4 is 10.6 Å². The Morgan fingerprint density at radius 1 is 1.45 bits per heavy atom. The molecule has 0 saturated carbocycles. The Hall–Kier alpha value is -1.82. The van der Waals surface area contributed by atoms with Crippen molar-refractivity contribution in [3.8, 4) is 0 Å². The van der Waals surface area contributed by atoms with Crippen molar-refractivity contribution in [2.75, 3.05) is 5.32 Å². The number of carboxylic acid groups (broad SMARTS) is 1. The largest absolute Gasteiger partial charge is 0.480 e. The molecule has 5 nitrogen and oxygen atoms in total. The standard InChI is InChI=1S/C13H16ClFN2O3/c1-3-7(2)11(12(18)19)17-13(20)16-9-6-4-5-8(14)10(9)15/h4-7,11H,3H2,1-2H3,(H,18,19)(H2,16,17,20)/t7-,11-/m0/s1. The lowest BCUT2D eigenvalue weighted by Gasteiger charge is -2.20.